The second kappa shape index (κ2) is 5.43. The minimum Gasteiger partial charge on any atom is -0.481 e. The molecule has 1 aromatic carbocycles. The maximum absolute atomic E-state index is 12.7. The van der Waals surface area contributed by atoms with E-state index in [0.717, 1.165) is 18.2 Å². The Kier molecular flexibility index (Phi) is 3.84. The van der Waals surface area contributed by atoms with Crippen molar-refractivity contribution in [2.45, 2.75) is 12.6 Å². The summed E-state index contributed by atoms with van der Waals surface area (Å²) in [4.78, 5) is 24.4. The Morgan fingerprint density at radius 1 is 1.19 bits per heavy atom. The van der Waals surface area contributed by atoms with Crippen LogP contribution in [-0.4, -0.2) is 16.1 Å². The number of pyridine rings is 1. The summed E-state index contributed by atoms with van der Waals surface area (Å²) in [6.07, 6.45) is -4.98. The number of carboxylic acids is 1. The van der Waals surface area contributed by atoms with Crippen LogP contribution in [-0.2, 0) is 17.4 Å². The molecule has 1 heterocycles. The number of aromatic amines is 1. The zero-order valence-corrected chi connectivity index (χ0v) is 10.6. The van der Waals surface area contributed by atoms with Gasteiger partial charge in [-0.1, -0.05) is 12.1 Å². The second-order valence-electron chi connectivity index (χ2n) is 4.36. The van der Waals surface area contributed by atoms with Gasteiger partial charge in [0, 0.05) is 17.3 Å². The van der Waals surface area contributed by atoms with Crippen LogP contribution in [0.5, 0.6) is 0 Å². The van der Waals surface area contributed by atoms with E-state index < -0.39 is 29.7 Å². The van der Waals surface area contributed by atoms with Crippen molar-refractivity contribution < 1.29 is 23.1 Å². The number of carboxylic acid groups (broad SMARTS) is 1. The van der Waals surface area contributed by atoms with E-state index in [1.165, 1.54) is 18.2 Å². The van der Waals surface area contributed by atoms with E-state index in [1.54, 1.807) is 0 Å². The lowest BCUT2D eigenvalue weighted by Crippen LogP contribution is -2.12. The summed E-state index contributed by atoms with van der Waals surface area (Å²) in [5.41, 5.74) is -0.843. The summed E-state index contributed by atoms with van der Waals surface area (Å²) in [5.74, 6) is -1.19. The molecule has 2 rings (SSSR count). The Balaban J connectivity index is 2.56. The fourth-order valence-corrected chi connectivity index (χ4v) is 1.94. The van der Waals surface area contributed by atoms with Gasteiger partial charge < -0.3 is 10.1 Å². The molecule has 2 aromatic rings. The third-order valence-corrected chi connectivity index (χ3v) is 2.83. The number of benzene rings is 1. The van der Waals surface area contributed by atoms with Gasteiger partial charge in [-0.15, -0.1) is 0 Å². The first-order valence-electron chi connectivity index (χ1n) is 5.89. The highest BCUT2D eigenvalue weighted by Crippen LogP contribution is 2.32. The van der Waals surface area contributed by atoms with E-state index in [4.69, 9.17) is 5.11 Å². The van der Waals surface area contributed by atoms with Gasteiger partial charge in [-0.2, -0.15) is 13.2 Å². The molecular weight excluding hydrogens is 287 g/mol. The standard InChI is InChI=1S/C14H10F3NO3/c15-14(16,17)9-3-1-2-8(6-9)10-4-5-12(19)18-11(10)7-13(20)21/h1-6H,7H2,(H,18,19)(H,20,21). The molecular formula is C14H10F3NO3. The Bertz CT molecular complexity index is 735. The zero-order valence-electron chi connectivity index (χ0n) is 10.6. The summed E-state index contributed by atoms with van der Waals surface area (Å²) >= 11 is 0. The third-order valence-electron chi connectivity index (χ3n) is 2.83. The molecule has 0 aliphatic heterocycles. The van der Waals surface area contributed by atoms with Crippen LogP contribution >= 0.6 is 0 Å². The number of rotatable bonds is 3. The van der Waals surface area contributed by atoms with E-state index in [2.05, 4.69) is 4.98 Å². The topological polar surface area (TPSA) is 70.2 Å². The largest absolute Gasteiger partial charge is 0.481 e. The number of nitrogens with one attached hydrogen (secondary N) is 1. The van der Waals surface area contributed by atoms with Gasteiger partial charge in [0.15, 0.2) is 0 Å². The summed E-state index contributed by atoms with van der Waals surface area (Å²) in [7, 11) is 0. The molecule has 4 nitrogen and oxygen atoms in total. The van der Waals surface area contributed by atoms with Gasteiger partial charge in [0.1, 0.15) is 0 Å². The Labute approximate surface area is 116 Å². The molecule has 0 saturated heterocycles. The van der Waals surface area contributed by atoms with E-state index in [0.29, 0.717) is 0 Å². The second-order valence-corrected chi connectivity index (χ2v) is 4.36. The molecule has 0 atom stereocenters. The molecule has 0 aliphatic carbocycles. The van der Waals surface area contributed by atoms with Gasteiger partial charge in [-0.3, -0.25) is 9.59 Å². The van der Waals surface area contributed by atoms with E-state index in [1.807, 2.05) is 0 Å². The monoisotopic (exact) mass is 297 g/mol. The maximum Gasteiger partial charge on any atom is 0.416 e. The van der Waals surface area contributed by atoms with Crippen LogP contribution < -0.4 is 5.56 Å². The lowest BCUT2D eigenvalue weighted by molar-refractivity contribution is -0.138. The Morgan fingerprint density at radius 2 is 1.90 bits per heavy atom. The van der Waals surface area contributed by atoms with E-state index in [9.17, 15) is 22.8 Å². The van der Waals surface area contributed by atoms with Crippen molar-refractivity contribution in [3.05, 3.63) is 58.0 Å². The van der Waals surface area contributed by atoms with Crippen molar-refractivity contribution >= 4 is 5.97 Å². The summed E-state index contributed by atoms with van der Waals surface area (Å²) in [5, 5.41) is 8.81. The van der Waals surface area contributed by atoms with Crippen molar-refractivity contribution in [2.24, 2.45) is 0 Å². The van der Waals surface area contributed by atoms with Gasteiger partial charge in [-0.05, 0) is 23.8 Å². The fourth-order valence-electron chi connectivity index (χ4n) is 1.94. The molecule has 0 spiro atoms. The number of hydrogen-bond acceptors (Lipinski definition) is 2. The maximum atomic E-state index is 12.7. The van der Waals surface area contributed by atoms with Crippen molar-refractivity contribution in [1.29, 1.82) is 0 Å². The zero-order chi connectivity index (χ0) is 15.6. The normalized spacial score (nSPS) is 11.4. The van der Waals surface area contributed by atoms with Crippen LogP contribution in [0.25, 0.3) is 11.1 Å². The molecule has 1 aromatic heterocycles. The van der Waals surface area contributed by atoms with Crippen molar-refractivity contribution in [1.82, 2.24) is 4.98 Å². The van der Waals surface area contributed by atoms with Gasteiger partial charge in [0.2, 0.25) is 5.56 Å². The molecule has 0 amide bonds. The lowest BCUT2D eigenvalue weighted by atomic mass is 10.00. The first-order valence-corrected chi connectivity index (χ1v) is 5.89. The summed E-state index contributed by atoms with van der Waals surface area (Å²) in [6, 6.07) is 6.95. The molecule has 2 N–H and O–H groups in total. The average Bonchev–Trinajstić information content (AvgIpc) is 2.37. The number of alkyl halides is 3. The van der Waals surface area contributed by atoms with Crippen molar-refractivity contribution in [3.8, 4) is 11.1 Å². The fraction of sp³-hybridized carbons (Fsp3) is 0.143. The van der Waals surface area contributed by atoms with Crippen LogP contribution in [0, 0.1) is 0 Å². The van der Waals surface area contributed by atoms with Crippen LogP contribution in [0.1, 0.15) is 11.3 Å². The van der Waals surface area contributed by atoms with Crippen LogP contribution in [0.3, 0.4) is 0 Å². The first kappa shape index (κ1) is 14.8. The molecule has 0 bridgehead atoms. The number of aliphatic carboxylic acids is 1. The number of aromatic nitrogens is 1. The summed E-state index contributed by atoms with van der Waals surface area (Å²) < 4.78 is 38.1. The quantitative estimate of drug-likeness (QED) is 0.915. The molecule has 0 fully saturated rings. The minimum absolute atomic E-state index is 0.0642. The number of carbonyl (C=O) groups is 1. The Hall–Kier alpha value is -2.57. The molecule has 0 unspecified atom stereocenters. The average molecular weight is 297 g/mol. The third kappa shape index (κ3) is 3.50. The smallest absolute Gasteiger partial charge is 0.416 e. The number of hydrogen-bond donors (Lipinski definition) is 2. The van der Waals surface area contributed by atoms with Crippen LogP contribution in [0.15, 0.2) is 41.2 Å². The van der Waals surface area contributed by atoms with E-state index in [-0.39, 0.29) is 16.8 Å². The highest BCUT2D eigenvalue weighted by molar-refractivity contribution is 5.75. The highest BCUT2D eigenvalue weighted by Gasteiger charge is 2.30. The molecule has 7 heteroatoms. The van der Waals surface area contributed by atoms with Crippen LogP contribution in [0.2, 0.25) is 0 Å². The summed E-state index contributed by atoms with van der Waals surface area (Å²) in [6.45, 7) is 0. The van der Waals surface area contributed by atoms with Crippen LogP contribution in [0.4, 0.5) is 13.2 Å². The molecule has 0 aliphatic rings. The van der Waals surface area contributed by atoms with E-state index >= 15 is 0 Å². The number of halogens is 3. The predicted octanol–water partition coefficient (Wildman–Crippen LogP) is 2.69. The molecule has 0 saturated carbocycles. The number of H-pyrrole nitrogens is 1. The first-order chi connectivity index (χ1) is 9.77. The van der Waals surface area contributed by atoms with Gasteiger partial charge in [0.25, 0.3) is 0 Å². The minimum atomic E-state index is -4.49. The van der Waals surface area contributed by atoms with Crippen molar-refractivity contribution in [2.75, 3.05) is 0 Å². The SMILES string of the molecule is O=C(O)Cc1[nH]c(=O)ccc1-c1cccc(C(F)(F)F)c1. The van der Waals surface area contributed by atoms with Gasteiger partial charge in [-0.25, -0.2) is 0 Å². The molecule has 0 radical (unpaired) electrons. The molecule has 21 heavy (non-hydrogen) atoms. The molecule has 110 valence electrons. The van der Waals surface area contributed by atoms with Gasteiger partial charge >= 0.3 is 12.1 Å². The highest BCUT2D eigenvalue weighted by atomic mass is 19.4. The Morgan fingerprint density at radius 3 is 2.52 bits per heavy atom. The predicted molar refractivity (Wildman–Crippen MR) is 68.8 cm³/mol. The van der Waals surface area contributed by atoms with Gasteiger partial charge in [0.05, 0.1) is 12.0 Å². The van der Waals surface area contributed by atoms with Crippen molar-refractivity contribution in [3.63, 3.8) is 0 Å². The lowest BCUT2D eigenvalue weighted by Gasteiger charge is -2.11.